The van der Waals surface area contributed by atoms with Crippen LogP contribution in [0.1, 0.15) is 76.7 Å². The molecule has 2 heterocycles. The molecule has 0 bridgehead atoms. The van der Waals surface area contributed by atoms with Gasteiger partial charge in [0.2, 0.25) is 0 Å². The van der Waals surface area contributed by atoms with E-state index in [1.54, 1.807) is 0 Å². The predicted octanol–water partition coefficient (Wildman–Crippen LogP) is 6.32. The van der Waals surface area contributed by atoms with Gasteiger partial charge in [-0.1, -0.05) is 95.1 Å². The summed E-state index contributed by atoms with van der Waals surface area (Å²) in [5.74, 6) is 0. The van der Waals surface area contributed by atoms with Crippen molar-refractivity contribution in [2.75, 3.05) is 18.0 Å². The van der Waals surface area contributed by atoms with Crippen LogP contribution >= 0.6 is 0 Å². The average molecular weight is 380 g/mol. The van der Waals surface area contributed by atoms with Gasteiger partial charge in [-0.3, -0.25) is 4.98 Å². The number of rotatable bonds is 12. The minimum Gasteiger partial charge on any atom is -0.362 e. The zero-order valence-electron chi connectivity index (χ0n) is 17.6. The summed E-state index contributed by atoms with van der Waals surface area (Å²) < 4.78 is 0. The largest absolute Gasteiger partial charge is 0.362 e. The molecule has 0 radical (unpaired) electrons. The third kappa shape index (κ3) is 5.35. The van der Waals surface area contributed by atoms with Gasteiger partial charge in [0.15, 0.2) is 0 Å². The van der Waals surface area contributed by atoms with Crippen LogP contribution in [0.2, 0.25) is 0 Å². The van der Waals surface area contributed by atoms with Gasteiger partial charge in [-0.2, -0.15) is 0 Å². The molecule has 28 heavy (non-hydrogen) atoms. The summed E-state index contributed by atoms with van der Waals surface area (Å²) in [4.78, 5) is 7.19. The number of anilines is 1. The van der Waals surface area contributed by atoms with Crippen LogP contribution in [0.4, 0.5) is 5.69 Å². The first-order chi connectivity index (χ1) is 13.8. The molecule has 2 N–H and O–H groups in total. The number of nitrogens with zero attached hydrogens (tertiary/aromatic N) is 2. The molecular formula is C25H37N3. The molecular weight excluding hydrogens is 342 g/mol. The number of fused-ring (bicyclic) bond motifs is 3. The van der Waals surface area contributed by atoms with E-state index in [1.807, 2.05) is 12.3 Å². The third-order valence-electron chi connectivity index (χ3n) is 5.96. The van der Waals surface area contributed by atoms with Gasteiger partial charge in [0.1, 0.15) is 0 Å². The molecule has 0 saturated carbocycles. The first-order valence-electron chi connectivity index (χ1n) is 11.4. The van der Waals surface area contributed by atoms with E-state index in [4.69, 9.17) is 10.7 Å². The molecule has 3 rings (SSSR count). The number of benzene rings is 1. The van der Waals surface area contributed by atoms with E-state index in [0.717, 1.165) is 12.1 Å². The van der Waals surface area contributed by atoms with Crippen LogP contribution in [0, 0.1) is 0 Å². The van der Waals surface area contributed by atoms with E-state index in [0.29, 0.717) is 6.54 Å². The molecule has 1 aromatic carbocycles. The Bertz CT molecular complexity index is 753. The SMILES string of the molecule is CCCCCCCCCCCCN1c2c(ccc3cccnc23)C=CC1CN. The molecule has 1 aliphatic rings. The standard InChI is InChI=1S/C25H37N3/c1-2-3-4-5-6-7-8-9-10-11-19-28-23(20-26)17-16-22-15-14-21-13-12-18-27-24(21)25(22)28/h12-18,23H,2-11,19-20,26H2,1H3. The second-order valence-corrected chi connectivity index (χ2v) is 8.12. The molecule has 0 saturated heterocycles. The Kier molecular flexibility index (Phi) is 8.35. The number of hydrogen-bond acceptors (Lipinski definition) is 3. The van der Waals surface area contributed by atoms with Gasteiger partial charge in [-0.15, -0.1) is 0 Å². The van der Waals surface area contributed by atoms with Gasteiger partial charge < -0.3 is 10.6 Å². The topological polar surface area (TPSA) is 42.2 Å². The Balaban J connectivity index is 1.52. The van der Waals surface area contributed by atoms with E-state index in [9.17, 15) is 0 Å². The van der Waals surface area contributed by atoms with Crippen molar-refractivity contribution in [1.29, 1.82) is 0 Å². The van der Waals surface area contributed by atoms with Crippen molar-refractivity contribution in [2.45, 2.75) is 77.2 Å². The number of nitrogens with two attached hydrogens (primary N) is 1. The zero-order chi connectivity index (χ0) is 19.6. The van der Waals surface area contributed by atoms with Crippen molar-refractivity contribution >= 4 is 22.7 Å². The summed E-state index contributed by atoms with van der Waals surface area (Å²) in [6.07, 6.45) is 20.0. The second kappa shape index (κ2) is 11.2. The maximum absolute atomic E-state index is 6.10. The van der Waals surface area contributed by atoms with Crippen LogP contribution in [0.25, 0.3) is 17.0 Å². The van der Waals surface area contributed by atoms with Gasteiger partial charge in [-0.25, -0.2) is 0 Å². The fourth-order valence-corrected chi connectivity index (χ4v) is 4.32. The Morgan fingerprint density at radius 3 is 2.36 bits per heavy atom. The van der Waals surface area contributed by atoms with E-state index in [2.05, 4.69) is 42.2 Å². The summed E-state index contributed by atoms with van der Waals surface area (Å²) in [6.45, 7) is 3.99. The first-order valence-corrected chi connectivity index (χ1v) is 11.4. The molecule has 1 atom stereocenters. The maximum Gasteiger partial charge on any atom is 0.0941 e. The summed E-state index contributed by atoms with van der Waals surface area (Å²) in [6, 6.07) is 8.83. The predicted molar refractivity (Wildman–Crippen MR) is 123 cm³/mol. The highest BCUT2D eigenvalue weighted by molar-refractivity contribution is 5.96. The number of pyridine rings is 1. The molecule has 1 aliphatic heterocycles. The highest BCUT2D eigenvalue weighted by atomic mass is 15.2. The lowest BCUT2D eigenvalue weighted by Crippen LogP contribution is -2.42. The summed E-state index contributed by atoms with van der Waals surface area (Å²) in [5, 5.41) is 1.21. The molecule has 0 amide bonds. The smallest absolute Gasteiger partial charge is 0.0941 e. The number of hydrogen-bond donors (Lipinski definition) is 1. The maximum atomic E-state index is 6.10. The molecule has 1 aromatic heterocycles. The van der Waals surface area contributed by atoms with Crippen LogP contribution in [0.3, 0.4) is 0 Å². The van der Waals surface area contributed by atoms with E-state index in [1.165, 1.54) is 80.8 Å². The fourth-order valence-electron chi connectivity index (χ4n) is 4.32. The number of unbranched alkanes of at least 4 members (excludes halogenated alkanes) is 9. The van der Waals surface area contributed by atoms with Gasteiger partial charge in [0.05, 0.1) is 17.2 Å². The van der Waals surface area contributed by atoms with Crippen molar-refractivity contribution in [3.8, 4) is 0 Å². The average Bonchev–Trinajstić information content (AvgIpc) is 2.74. The molecule has 3 heteroatoms. The van der Waals surface area contributed by atoms with Gasteiger partial charge in [0, 0.05) is 24.7 Å². The van der Waals surface area contributed by atoms with Crippen molar-refractivity contribution in [3.05, 3.63) is 42.1 Å². The lowest BCUT2D eigenvalue weighted by Gasteiger charge is -2.36. The van der Waals surface area contributed by atoms with Gasteiger partial charge >= 0.3 is 0 Å². The third-order valence-corrected chi connectivity index (χ3v) is 5.96. The minimum atomic E-state index is 0.277. The van der Waals surface area contributed by atoms with Crippen molar-refractivity contribution in [1.82, 2.24) is 4.98 Å². The van der Waals surface area contributed by atoms with Crippen LogP contribution in [0.5, 0.6) is 0 Å². The highest BCUT2D eigenvalue weighted by Crippen LogP contribution is 2.35. The highest BCUT2D eigenvalue weighted by Gasteiger charge is 2.23. The monoisotopic (exact) mass is 379 g/mol. The summed E-state index contributed by atoms with van der Waals surface area (Å²) >= 11 is 0. The lowest BCUT2D eigenvalue weighted by atomic mass is 9.99. The van der Waals surface area contributed by atoms with Crippen molar-refractivity contribution in [3.63, 3.8) is 0 Å². The zero-order valence-corrected chi connectivity index (χ0v) is 17.6. The normalized spacial score (nSPS) is 15.9. The molecule has 3 nitrogen and oxygen atoms in total. The molecule has 0 spiro atoms. The number of aromatic nitrogens is 1. The Morgan fingerprint density at radius 2 is 1.64 bits per heavy atom. The molecule has 0 fully saturated rings. The fraction of sp³-hybridized carbons (Fsp3) is 0.560. The van der Waals surface area contributed by atoms with Gasteiger partial charge in [-0.05, 0) is 18.1 Å². The van der Waals surface area contributed by atoms with Gasteiger partial charge in [0.25, 0.3) is 0 Å². The molecule has 2 aromatic rings. The van der Waals surface area contributed by atoms with Crippen LogP contribution < -0.4 is 10.6 Å². The van der Waals surface area contributed by atoms with Crippen molar-refractivity contribution < 1.29 is 0 Å². The van der Waals surface area contributed by atoms with Crippen LogP contribution in [-0.4, -0.2) is 24.1 Å². The quantitative estimate of drug-likeness (QED) is 0.439. The summed E-state index contributed by atoms with van der Waals surface area (Å²) in [7, 11) is 0. The van der Waals surface area contributed by atoms with E-state index in [-0.39, 0.29) is 6.04 Å². The lowest BCUT2D eigenvalue weighted by molar-refractivity contribution is 0.549. The van der Waals surface area contributed by atoms with Crippen LogP contribution in [-0.2, 0) is 0 Å². The van der Waals surface area contributed by atoms with Crippen molar-refractivity contribution in [2.24, 2.45) is 5.73 Å². The summed E-state index contributed by atoms with van der Waals surface area (Å²) in [5.41, 5.74) is 9.74. The first kappa shape index (κ1) is 20.9. The Labute approximate surface area is 171 Å². The van der Waals surface area contributed by atoms with E-state index < -0.39 is 0 Å². The molecule has 1 unspecified atom stereocenters. The second-order valence-electron chi connectivity index (χ2n) is 8.12. The molecule has 152 valence electrons. The van der Waals surface area contributed by atoms with E-state index >= 15 is 0 Å². The Hall–Kier alpha value is -1.87. The Morgan fingerprint density at radius 1 is 0.929 bits per heavy atom. The van der Waals surface area contributed by atoms with Crippen LogP contribution in [0.15, 0.2) is 36.5 Å². The minimum absolute atomic E-state index is 0.277. The molecule has 0 aliphatic carbocycles.